The van der Waals surface area contributed by atoms with E-state index >= 15 is 0 Å². The van der Waals surface area contributed by atoms with Crippen molar-refractivity contribution in [1.82, 2.24) is 25.0 Å². The van der Waals surface area contributed by atoms with Gasteiger partial charge in [-0.1, -0.05) is 28.9 Å². The van der Waals surface area contributed by atoms with Crippen molar-refractivity contribution in [1.29, 1.82) is 0 Å². The Bertz CT molecular complexity index is 924. The molecule has 0 aliphatic heterocycles. The summed E-state index contributed by atoms with van der Waals surface area (Å²) in [6.07, 6.45) is 3.06. The Morgan fingerprint density at radius 2 is 2.18 bits per heavy atom. The monoisotopic (exact) mass is 403 g/mol. The molecule has 0 atom stereocenters. The first-order valence-corrected chi connectivity index (χ1v) is 9.41. The van der Waals surface area contributed by atoms with Crippen LogP contribution in [0.25, 0.3) is 11.4 Å². The molecular formula is C19H22ClN5O3. The average Bonchev–Trinajstić information content (AvgIpc) is 3.31. The van der Waals surface area contributed by atoms with Crippen LogP contribution in [0.15, 0.2) is 35.0 Å². The zero-order valence-corrected chi connectivity index (χ0v) is 16.3. The number of carbonyl (C=O) groups excluding carboxylic acids is 1. The molecule has 0 saturated carbocycles. The molecule has 0 aliphatic rings. The summed E-state index contributed by atoms with van der Waals surface area (Å²) in [6, 6.07) is 7.28. The summed E-state index contributed by atoms with van der Waals surface area (Å²) in [5.74, 6) is 1.63. The average molecular weight is 404 g/mol. The third kappa shape index (κ3) is 5.17. The fraction of sp³-hybridized carbons (Fsp3) is 0.368. The Hall–Kier alpha value is -2.71. The van der Waals surface area contributed by atoms with Crippen LogP contribution in [0.2, 0.25) is 5.02 Å². The SMILES string of the molecule is Cc1ncc(CN(CCO)C(=O)CCCc2nc(-c3ccccc3Cl)no2)[nH]1. The number of aromatic amines is 1. The summed E-state index contributed by atoms with van der Waals surface area (Å²) < 4.78 is 5.26. The number of hydrogen-bond acceptors (Lipinski definition) is 6. The van der Waals surface area contributed by atoms with Gasteiger partial charge in [0, 0.05) is 24.9 Å². The summed E-state index contributed by atoms with van der Waals surface area (Å²) in [4.78, 5) is 25.7. The number of carbonyl (C=O) groups is 1. The van der Waals surface area contributed by atoms with Gasteiger partial charge in [0.05, 0.1) is 30.1 Å². The Morgan fingerprint density at radius 1 is 1.36 bits per heavy atom. The molecule has 0 radical (unpaired) electrons. The first kappa shape index (κ1) is 20.0. The number of nitrogens with zero attached hydrogens (tertiary/aromatic N) is 4. The first-order chi connectivity index (χ1) is 13.6. The van der Waals surface area contributed by atoms with Crippen molar-refractivity contribution in [3.63, 3.8) is 0 Å². The maximum Gasteiger partial charge on any atom is 0.226 e. The van der Waals surface area contributed by atoms with Crippen LogP contribution in [0.4, 0.5) is 0 Å². The second kappa shape index (κ2) is 9.48. The van der Waals surface area contributed by atoms with E-state index in [1.165, 1.54) is 0 Å². The van der Waals surface area contributed by atoms with Crippen LogP contribution in [0.1, 0.15) is 30.3 Å². The second-order valence-electron chi connectivity index (χ2n) is 6.38. The molecule has 148 valence electrons. The van der Waals surface area contributed by atoms with E-state index in [9.17, 15) is 9.90 Å². The molecular weight excluding hydrogens is 382 g/mol. The molecule has 0 fully saturated rings. The molecule has 0 unspecified atom stereocenters. The lowest BCUT2D eigenvalue weighted by Gasteiger charge is -2.20. The van der Waals surface area contributed by atoms with Crippen LogP contribution < -0.4 is 0 Å². The van der Waals surface area contributed by atoms with Crippen molar-refractivity contribution in [3.8, 4) is 11.4 Å². The number of amides is 1. The lowest BCUT2D eigenvalue weighted by Crippen LogP contribution is -2.33. The second-order valence-corrected chi connectivity index (χ2v) is 6.79. The smallest absolute Gasteiger partial charge is 0.226 e. The standard InChI is InChI=1S/C19H22ClN5O3/c1-13-21-11-14(22-13)12-25(9-10-26)18(27)8-4-7-17-23-19(24-28-17)15-5-2-3-6-16(15)20/h2-3,5-6,11,26H,4,7-10,12H2,1H3,(H,21,22). The van der Waals surface area contributed by atoms with Gasteiger partial charge in [0.15, 0.2) is 0 Å². The molecule has 3 rings (SSSR count). The first-order valence-electron chi connectivity index (χ1n) is 9.03. The number of rotatable bonds is 9. The minimum atomic E-state index is -0.0935. The van der Waals surface area contributed by atoms with E-state index in [1.54, 1.807) is 17.2 Å². The van der Waals surface area contributed by atoms with Crippen LogP contribution in [0, 0.1) is 6.92 Å². The van der Waals surface area contributed by atoms with Crippen LogP contribution in [-0.4, -0.2) is 49.2 Å². The fourth-order valence-corrected chi connectivity index (χ4v) is 3.05. The van der Waals surface area contributed by atoms with E-state index in [2.05, 4.69) is 20.1 Å². The molecule has 1 aromatic carbocycles. The molecule has 0 saturated heterocycles. The molecule has 9 heteroatoms. The van der Waals surface area contributed by atoms with Gasteiger partial charge in [-0.25, -0.2) is 4.98 Å². The molecule has 0 spiro atoms. The van der Waals surface area contributed by atoms with E-state index in [-0.39, 0.29) is 19.1 Å². The van der Waals surface area contributed by atoms with Crippen molar-refractivity contribution >= 4 is 17.5 Å². The van der Waals surface area contributed by atoms with Gasteiger partial charge in [-0.2, -0.15) is 4.98 Å². The summed E-state index contributed by atoms with van der Waals surface area (Å²) in [7, 11) is 0. The molecule has 2 heterocycles. The maximum absolute atomic E-state index is 12.5. The lowest BCUT2D eigenvalue weighted by atomic mass is 10.2. The summed E-state index contributed by atoms with van der Waals surface area (Å²) in [6.45, 7) is 2.41. The van der Waals surface area contributed by atoms with Crippen molar-refractivity contribution in [3.05, 3.63) is 52.9 Å². The molecule has 2 aromatic heterocycles. The number of imidazole rings is 1. The number of hydrogen-bond donors (Lipinski definition) is 2. The number of nitrogens with one attached hydrogen (secondary N) is 1. The normalized spacial score (nSPS) is 11.0. The molecule has 0 aliphatic carbocycles. The van der Waals surface area contributed by atoms with Crippen molar-refractivity contribution in [2.24, 2.45) is 0 Å². The van der Waals surface area contributed by atoms with Gasteiger partial charge < -0.3 is 19.5 Å². The van der Waals surface area contributed by atoms with Gasteiger partial charge in [-0.15, -0.1) is 0 Å². The van der Waals surface area contributed by atoms with Crippen molar-refractivity contribution in [2.45, 2.75) is 32.7 Å². The van der Waals surface area contributed by atoms with Gasteiger partial charge in [0.2, 0.25) is 17.6 Å². The number of benzene rings is 1. The van der Waals surface area contributed by atoms with Gasteiger partial charge in [0.25, 0.3) is 0 Å². The van der Waals surface area contributed by atoms with Gasteiger partial charge in [0.1, 0.15) is 5.82 Å². The molecule has 0 bridgehead atoms. The van der Waals surface area contributed by atoms with E-state index in [0.717, 1.165) is 11.5 Å². The number of H-pyrrole nitrogens is 1. The number of aromatic nitrogens is 4. The highest BCUT2D eigenvalue weighted by atomic mass is 35.5. The van der Waals surface area contributed by atoms with Crippen LogP contribution in [0.5, 0.6) is 0 Å². The van der Waals surface area contributed by atoms with Crippen LogP contribution in [-0.2, 0) is 17.8 Å². The highest BCUT2D eigenvalue weighted by molar-refractivity contribution is 6.33. The predicted octanol–water partition coefficient (Wildman–Crippen LogP) is 2.77. The number of aliphatic hydroxyl groups is 1. The van der Waals surface area contributed by atoms with E-state index < -0.39 is 0 Å². The lowest BCUT2D eigenvalue weighted by molar-refractivity contribution is -0.132. The minimum Gasteiger partial charge on any atom is -0.395 e. The van der Waals surface area contributed by atoms with Gasteiger partial charge in [-0.3, -0.25) is 4.79 Å². The van der Waals surface area contributed by atoms with Crippen molar-refractivity contribution < 1.29 is 14.4 Å². The zero-order chi connectivity index (χ0) is 19.9. The van der Waals surface area contributed by atoms with Gasteiger partial charge >= 0.3 is 0 Å². The largest absolute Gasteiger partial charge is 0.395 e. The molecule has 8 nitrogen and oxygen atoms in total. The van der Waals surface area contributed by atoms with Gasteiger partial charge in [-0.05, 0) is 25.5 Å². The Balaban J connectivity index is 1.53. The molecule has 3 aromatic rings. The number of aryl methyl sites for hydroxylation is 2. The van der Waals surface area contributed by atoms with Crippen LogP contribution >= 0.6 is 11.6 Å². The summed E-state index contributed by atoms with van der Waals surface area (Å²) in [5.41, 5.74) is 1.54. The maximum atomic E-state index is 12.5. The van der Waals surface area contributed by atoms with E-state index in [1.807, 2.05) is 25.1 Å². The summed E-state index contributed by atoms with van der Waals surface area (Å²) >= 11 is 6.15. The Labute approximate surface area is 167 Å². The van der Waals surface area contributed by atoms with E-state index in [0.29, 0.717) is 48.1 Å². The third-order valence-electron chi connectivity index (χ3n) is 4.20. The molecule has 1 amide bonds. The number of halogens is 1. The topological polar surface area (TPSA) is 108 Å². The Morgan fingerprint density at radius 3 is 2.89 bits per heavy atom. The predicted molar refractivity (Wildman–Crippen MR) is 104 cm³/mol. The number of aliphatic hydroxyl groups excluding tert-OH is 1. The highest BCUT2D eigenvalue weighted by Gasteiger charge is 2.16. The van der Waals surface area contributed by atoms with Crippen molar-refractivity contribution in [2.75, 3.05) is 13.2 Å². The quantitative estimate of drug-likeness (QED) is 0.568. The summed E-state index contributed by atoms with van der Waals surface area (Å²) in [5, 5.41) is 13.8. The molecule has 2 N–H and O–H groups in total. The fourth-order valence-electron chi connectivity index (χ4n) is 2.83. The third-order valence-corrected chi connectivity index (χ3v) is 4.53. The van der Waals surface area contributed by atoms with E-state index in [4.69, 9.17) is 16.1 Å². The zero-order valence-electron chi connectivity index (χ0n) is 15.6. The minimum absolute atomic E-state index is 0.0489. The highest BCUT2D eigenvalue weighted by Crippen LogP contribution is 2.25. The Kier molecular flexibility index (Phi) is 6.78. The molecule has 28 heavy (non-hydrogen) atoms. The van der Waals surface area contributed by atoms with Crippen LogP contribution in [0.3, 0.4) is 0 Å².